The lowest BCUT2D eigenvalue weighted by molar-refractivity contribution is 0.0937. The minimum absolute atomic E-state index is 0.00429. The number of thiophene rings is 1. The van der Waals surface area contributed by atoms with Crippen LogP contribution in [0.2, 0.25) is 5.02 Å². The molecular weight excluding hydrogens is 492 g/mol. The molecule has 0 saturated carbocycles. The average molecular weight is 517 g/mol. The molecule has 1 atom stereocenters. The van der Waals surface area contributed by atoms with Gasteiger partial charge >= 0.3 is 0 Å². The summed E-state index contributed by atoms with van der Waals surface area (Å²) in [4.78, 5) is 25.6. The molecule has 178 valence electrons. The van der Waals surface area contributed by atoms with Crippen molar-refractivity contribution in [2.24, 2.45) is 0 Å². The fourth-order valence-corrected chi connectivity index (χ4v) is 7.48. The Labute approximate surface area is 209 Å². The van der Waals surface area contributed by atoms with Crippen LogP contribution in [0.3, 0.4) is 0 Å². The Balaban J connectivity index is 1.40. The number of hydrogen-bond donors (Lipinski definition) is 1. The second kappa shape index (κ2) is 9.28. The molecule has 4 heterocycles. The molecule has 2 aliphatic rings. The summed E-state index contributed by atoms with van der Waals surface area (Å²) >= 11 is 9.40. The van der Waals surface area contributed by atoms with E-state index in [9.17, 15) is 9.90 Å². The molecule has 0 radical (unpaired) electrons. The second-order valence-corrected chi connectivity index (χ2v) is 11.3. The van der Waals surface area contributed by atoms with Crippen molar-refractivity contribution in [2.45, 2.75) is 62.2 Å². The first-order valence-electron chi connectivity index (χ1n) is 11.7. The van der Waals surface area contributed by atoms with Crippen molar-refractivity contribution in [2.75, 3.05) is 13.2 Å². The van der Waals surface area contributed by atoms with Crippen molar-refractivity contribution in [1.82, 2.24) is 19.1 Å². The molecule has 4 aromatic rings. The first-order valence-corrected chi connectivity index (χ1v) is 13.9. The largest absolute Gasteiger partial charge is 0.395 e. The molecule has 0 unspecified atom stereocenters. The topological polar surface area (TPSA) is 82.2 Å². The van der Waals surface area contributed by atoms with E-state index in [0.29, 0.717) is 29.0 Å². The third-order valence-electron chi connectivity index (χ3n) is 6.64. The number of aliphatic hydroxyl groups excluding tert-OH is 1. The second-order valence-electron chi connectivity index (χ2n) is 8.81. The van der Waals surface area contributed by atoms with Gasteiger partial charge < -0.3 is 14.4 Å². The lowest BCUT2D eigenvalue weighted by Gasteiger charge is -2.16. The Morgan fingerprint density at radius 2 is 2.15 bits per heavy atom. The quantitative estimate of drug-likeness (QED) is 0.289. The van der Waals surface area contributed by atoms with Crippen molar-refractivity contribution in [1.29, 1.82) is 0 Å². The normalized spacial score (nSPS) is 17.9. The van der Waals surface area contributed by atoms with Crippen molar-refractivity contribution >= 4 is 55.9 Å². The number of aryl methyl sites for hydroxylation is 2. The number of aliphatic hydroxyl groups is 1. The Hall–Kier alpha value is -1.91. The van der Waals surface area contributed by atoms with Gasteiger partial charge in [0.05, 0.1) is 41.4 Å². The number of halogens is 1. The van der Waals surface area contributed by atoms with Crippen molar-refractivity contribution < 1.29 is 9.84 Å². The van der Waals surface area contributed by atoms with Crippen molar-refractivity contribution in [3.05, 3.63) is 49.8 Å². The highest BCUT2D eigenvalue weighted by molar-refractivity contribution is 7.98. The SMILES string of the molecule is O=c1c2c3c(sc2nc(SCc2nc4ccc(Cl)cc4n2CCO)n1C[C@@H]1CCCO1)CCC3. The molecule has 7 nitrogen and oxygen atoms in total. The summed E-state index contributed by atoms with van der Waals surface area (Å²) in [7, 11) is 0. The Kier molecular flexibility index (Phi) is 6.15. The summed E-state index contributed by atoms with van der Waals surface area (Å²) < 4.78 is 9.69. The van der Waals surface area contributed by atoms with Gasteiger partial charge in [-0.1, -0.05) is 23.4 Å². The van der Waals surface area contributed by atoms with Gasteiger partial charge in [0, 0.05) is 23.1 Å². The van der Waals surface area contributed by atoms with E-state index in [1.54, 1.807) is 11.3 Å². The van der Waals surface area contributed by atoms with Gasteiger partial charge in [-0.15, -0.1) is 11.3 Å². The number of benzene rings is 1. The molecule has 10 heteroatoms. The summed E-state index contributed by atoms with van der Waals surface area (Å²) in [5, 5.41) is 11.8. The van der Waals surface area contributed by atoms with Gasteiger partial charge in [0.15, 0.2) is 5.16 Å². The molecule has 3 aromatic heterocycles. The standard InChI is InChI=1S/C24H25ClN4O3S2/c25-14-6-7-17-18(11-14)28(8-9-30)20(26-17)13-33-24-27-22-21(16-4-1-5-19(16)34-22)23(31)29(24)12-15-3-2-10-32-15/h6-7,11,15,30H,1-5,8-10,12-13H2/t15-/m0/s1. The number of rotatable bonds is 7. The van der Waals surface area contributed by atoms with Crippen LogP contribution < -0.4 is 5.56 Å². The van der Waals surface area contributed by atoms with Crippen LogP contribution in [-0.4, -0.2) is 43.5 Å². The summed E-state index contributed by atoms with van der Waals surface area (Å²) in [6, 6.07) is 5.59. The minimum Gasteiger partial charge on any atom is -0.395 e. The number of ether oxygens (including phenoxy) is 1. The first-order chi connectivity index (χ1) is 16.6. The highest BCUT2D eigenvalue weighted by atomic mass is 35.5. The molecule has 1 fully saturated rings. The van der Waals surface area contributed by atoms with Crippen LogP contribution in [0.1, 0.15) is 35.5 Å². The van der Waals surface area contributed by atoms with E-state index < -0.39 is 0 Å². The minimum atomic E-state index is 0.00429. The highest BCUT2D eigenvalue weighted by Gasteiger charge is 2.26. The lowest BCUT2D eigenvalue weighted by atomic mass is 10.2. The van der Waals surface area contributed by atoms with E-state index in [-0.39, 0.29) is 18.3 Å². The van der Waals surface area contributed by atoms with Crippen molar-refractivity contribution in [3.8, 4) is 0 Å². The maximum absolute atomic E-state index is 13.7. The molecule has 1 saturated heterocycles. The van der Waals surface area contributed by atoms with Gasteiger partial charge in [-0.3, -0.25) is 9.36 Å². The summed E-state index contributed by atoms with van der Waals surface area (Å²) in [6.45, 7) is 1.71. The van der Waals surface area contributed by atoms with Crippen LogP contribution in [0, 0.1) is 0 Å². The predicted octanol–water partition coefficient (Wildman–Crippen LogP) is 4.41. The van der Waals surface area contributed by atoms with E-state index in [1.807, 2.05) is 27.3 Å². The van der Waals surface area contributed by atoms with Crippen LogP contribution in [0.25, 0.3) is 21.3 Å². The van der Waals surface area contributed by atoms with E-state index in [4.69, 9.17) is 26.3 Å². The van der Waals surface area contributed by atoms with Gasteiger partial charge in [-0.25, -0.2) is 9.97 Å². The first kappa shape index (κ1) is 22.5. The van der Waals surface area contributed by atoms with Gasteiger partial charge in [0.2, 0.25) is 0 Å². The van der Waals surface area contributed by atoms with E-state index in [1.165, 1.54) is 22.2 Å². The van der Waals surface area contributed by atoms with Crippen molar-refractivity contribution in [3.63, 3.8) is 0 Å². The van der Waals surface area contributed by atoms with E-state index in [0.717, 1.165) is 65.8 Å². The number of fused-ring (bicyclic) bond motifs is 4. The monoisotopic (exact) mass is 516 g/mol. The smallest absolute Gasteiger partial charge is 0.263 e. The van der Waals surface area contributed by atoms with E-state index in [2.05, 4.69) is 0 Å². The third kappa shape index (κ3) is 3.97. The molecular formula is C24H25ClN4O3S2. The zero-order valence-electron chi connectivity index (χ0n) is 18.6. The molecule has 34 heavy (non-hydrogen) atoms. The predicted molar refractivity (Wildman–Crippen MR) is 136 cm³/mol. The molecule has 6 rings (SSSR count). The summed E-state index contributed by atoms with van der Waals surface area (Å²) in [5.74, 6) is 1.35. The maximum Gasteiger partial charge on any atom is 0.263 e. The van der Waals surface area contributed by atoms with Crippen LogP contribution in [0.4, 0.5) is 0 Å². The van der Waals surface area contributed by atoms with E-state index >= 15 is 0 Å². The van der Waals surface area contributed by atoms with Crippen LogP contribution in [-0.2, 0) is 36.4 Å². The van der Waals surface area contributed by atoms with Crippen LogP contribution in [0.15, 0.2) is 28.2 Å². The van der Waals surface area contributed by atoms with Gasteiger partial charge in [-0.05, 0) is 55.9 Å². The lowest BCUT2D eigenvalue weighted by Crippen LogP contribution is -2.29. The Bertz CT molecular complexity index is 1440. The summed E-state index contributed by atoms with van der Waals surface area (Å²) in [6.07, 6.45) is 5.15. The molecule has 0 bridgehead atoms. The fourth-order valence-electron chi connectivity index (χ4n) is 5.06. The number of aromatic nitrogens is 4. The number of imidazole rings is 1. The summed E-state index contributed by atoms with van der Waals surface area (Å²) in [5.41, 5.74) is 2.99. The van der Waals surface area contributed by atoms with Gasteiger partial charge in [-0.2, -0.15) is 0 Å². The Morgan fingerprint density at radius 3 is 2.97 bits per heavy atom. The van der Waals surface area contributed by atoms with Crippen LogP contribution >= 0.6 is 34.7 Å². The van der Waals surface area contributed by atoms with Crippen LogP contribution in [0.5, 0.6) is 0 Å². The molecule has 1 aliphatic carbocycles. The zero-order valence-corrected chi connectivity index (χ0v) is 21.0. The molecule has 1 aromatic carbocycles. The third-order valence-corrected chi connectivity index (χ3v) is 9.04. The number of thioether (sulfide) groups is 1. The number of hydrogen-bond acceptors (Lipinski definition) is 7. The number of nitrogens with zero attached hydrogens (tertiary/aromatic N) is 4. The molecule has 0 amide bonds. The fraction of sp³-hybridized carbons (Fsp3) is 0.458. The van der Waals surface area contributed by atoms with Gasteiger partial charge in [0.1, 0.15) is 10.7 Å². The molecule has 1 N–H and O–H groups in total. The van der Waals surface area contributed by atoms with Gasteiger partial charge in [0.25, 0.3) is 5.56 Å². The molecule has 1 aliphatic heterocycles. The Morgan fingerprint density at radius 1 is 1.24 bits per heavy atom. The molecule has 0 spiro atoms. The maximum atomic E-state index is 13.7. The average Bonchev–Trinajstić information content (AvgIpc) is 3.60. The highest BCUT2D eigenvalue weighted by Crippen LogP contribution is 2.36. The zero-order chi connectivity index (χ0) is 23.2.